The number of ether oxygens (including phenoxy) is 2. The van der Waals surface area contributed by atoms with Gasteiger partial charge < -0.3 is 14.8 Å². The number of nitrogens with one attached hydrogen (secondary N) is 1. The first-order valence-corrected chi connectivity index (χ1v) is 7.76. The predicted octanol–water partition coefficient (Wildman–Crippen LogP) is 3.32. The van der Waals surface area contributed by atoms with Gasteiger partial charge in [0, 0.05) is 10.9 Å². The van der Waals surface area contributed by atoms with Gasteiger partial charge in [0.25, 0.3) is 5.91 Å². The minimum absolute atomic E-state index is 0.0289. The van der Waals surface area contributed by atoms with Gasteiger partial charge in [0.2, 0.25) is 0 Å². The lowest BCUT2D eigenvalue weighted by atomic mass is 10.1. The van der Waals surface area contributed by atoms with Gasteiger partial charge in [0.05, 0.1) is 4.88 Å². The highest BCUT2D eigenvalue weighted by molar-refractivity contribution is 7.17. The number of carbonyl (C=O) groups is 1. The van der Waals surface area contributed by atoms with E-state index >= 15 is 0 Å². The molecule has 110 valence electrons. The van der Waals surface area contributed by atoms with E-state index in [-0.39, 0.29) is 11.9 Å². The summed E-state index contributed by atoms with van der Waals surface area (Å²) < 4.78 is 11.1. The second-order valence-corrected chi connectivity index (χ2v) is 6.23. The molecule has 1 aliphatic heterocycles. The van der Waals surface area contributed by atoms with Crippen molar-refractivity contribution in [3.05, 3.63) is 35.2 Å². The Morgan fingerprint density at radius 2 is 1.90 bits per heavy atom. The van der Waals surface area contributed by atoms with E-state index in [0.29, 0.717) is 18.1 Å². The SMILES string of the molecule is CC(C)NC(=O)c1ccc(-c2ccc3c(c2)OCCO3)s1. The Morgan fingerprint density at radius 1 is 1.14 bits per heavy atom. The van der Waals surface area contributed by atoms with E-state index in [1.807, 2.05) is 44.2 Å². The molecule has 0 aliphatic carbocycles. The lowest BCUT2D eigenvalue weighted by Crippen LogP contribution is -2.29. The predicted molar refractivity (Wildman–Crippen MR) is 83.3 cm³/mol. The lowest BCUT2D eigenvalue weighted by molar-refractivity contribution is 0.0947. The molecule has 2 aromatic rings. The molecule has 3 rings (SSSR count). The van der Waals surface area contributed by atoms with Crippen LogP contribution < -0.4 is 14.8 Å². The third kappa shape index (κ3) is 3.03. The van der Waals surface area contributed by atoms with Crippen LogP contribution in [0.2, 0.25) is 0 Å². The molecule has 1 N–H and O–H groups in total. The Morgan fingerprint density at radius 3 is 2.67 bits per heavy atom. The molecule has 1 amide bonds. The summed E-state index contributed by atoms with van der Waals surface area (Å²) >= 11 is 1.48. The summed E-state index contributed by atoms with van der Waals surface area (Å²) in [7, 11) is 0. The molecule has 5 heteroatoms. The van der Waals surface area contributed by atoms with Crippen LogP contribution in [-0.4, -0.2) is 25.2 Å². The van der Waals surface area contributed by atoms with Gasteiger partial charge in [-0.2, -0.15) is 0 Å². The van der Waals surface area contributed by atoms with Crippen molar-refractivity contribution in [2.75, 3.05) is 13.2 Å². The number of fused-ring (bicyclic) bond motifs is 1. The smallest absolute Gasteiger partial charge is 0.261 e. The number of thiophene rings is 1. The molecule has 0 saturated heterocycles. The molecule has 0 atom stereocenters. The molecule has 0 radical (unpaired) electrons. The van der Waals surface area contributed by atoms with Gasteiger partial charge in [0.15, 0.2) is 11.5 Å². The number of benzene rings is 1. The van der Waals surface area contributed by atoms with Crippen LogP contribution in [0.15, 0.2) is 30.3 Å². The van der Waals surface area contributed by atoms with Crippen LogP contribution in [0.3, 0.4) is 0 Å². The third-order valence-corrected chi connectivity index (χ3v) is 4.21. The number of carbonyl (C=O) groups excluding carboxylic acids is 1. The highest BCUT2D eigenvalue weighted by atomic mass is 32.1. The number of hydrogen-bond acceptors (Lipinski definition) is 4. The third-order valence-electron chi connectivity index (χ3n) is 3.08. The zero-order chi connectivity index (χ0) is 14.8. The lowest BCUT2D eigenvalue weighted by Gasteiger charge is -2.18. The van der Waals surface area contributed by atoms with Crippen molar-refractivity contribution in [1.29, 1.82) is 0 Å². The van der Waals surface area contributed by atoms with E-state index < -0.39 is 0 Å². The van der Waals surface area contributed by atoms with E-state index in [9.17, 15) is 4.79 Å². The Bertz CT molecular complexity index is 663. The fourth-order valence-electron chi connectivity index (χ4n) is 2.15. The molecular formula is C16H17NO3S. The van der Waals surface area contributed by atoms with Crippen LogP contribution in [0.4, 0.5) is 0 Å². The highest BCUT2D eigenvalue weighted by Crippen LogP contribution is 2.36. The quantitative estimate of drug-likeness (QED) is 0.946. The zero-order valence-electron chi connectivity index (χ0n) is 12.0. The molecule has 0 fully saturated rings. The van der Waals surface area contributed by atoms with Crippen LogP contribution in [0.5, 0.6) is 11.5 Å². The van der Waals surface area contributed by atoms with Crippen molar-refractivity contribution in [3.8, 4) is 21.9 Å². The van der Waals surface area contributed by atoms with Crippen LogP contribution in [0, 0.1) is 0 Å². The van der Waals surface area contributed by atoms with E-state index in [2.05, 4.69) is 5.32 Å². The maximum atomic E-state index is 12.0. The minimum Gasteiger partial charge on any atom is -0.486 e. The standard InChI is InChI=1S/C16H17NO3S/c1-10(2)17-16(18)15-6-5-14(21-15)11-3-4-12-13(9-11)20-8-7-19-12/h3-6,9-10H,7-8H2,1-2H3,(H,17,18). The fraction of sp³-hybridized carbons (Fsp3) is 0.312. The highest BCUT2D eigenvalue weighted by Gasteiger charge is 2.15. The monoisotopic (exact) mass is 303 g/mol. The van der Waals surface area contributed by atoms with Crippen molar-refractivity contribution >= 4 is 17.2 Å². The first kappa shape index (κ1) is 13.9. The minimum atomic E-state index is -0.0289. The van der Waals surface area contributed by atoms with Gasteiger partial charge in [-0.3, -0.25) is 4.79 Å². The summed E-state index contributed by atoms with van der Waals surface area (Å²) in [5.74, 6) is 1.51. The average molecular weight is 303 g/mol. The van der Waals surface area contributed by atoms with E-state index in [0.717, 1.165) is 21.9 Å². The van der Waals surface area contributed by atoms with Crippen LogP contribution >= 0.6 is 11.3 Å². The first-order valence-electron chi connectivity index (χ1n) is 6.94. The van der Waals surface area contributed by atoms with Gasteiger partial charge in [-0.25, -0.2) is 0 Å². The summed E-state index contributed by atoms with van der Waals surface area (Å²) in [5.41, 5.74) is 1.04. The topological polar surface area (TPSA) is 47.6 Å². The van der Waals surface area contributed by atoms with Crippen molar-refractivity contribution in [2.45, 2.75) is 19.9 Å². The van der Waals surface area contributed by atoms with Crippen LogP contribution in [0.25, 0.3) is 10.4 Å². The maximum absolute atomic E-state index is 12.0. The molecule has 1 aromatic carbocycles. The molecule has 0 unspecified atom stereocenters. The average Bonchev–Trinajstić information content (AvgIpc) is 2.96. The zero-order valence-corrected chi connectivity index (χ0v) is 12.8. The molecule has 0 saturated carbocycles. The van der Waals surface area contributed by atoms with Gasteiger partial charge in [-0.05, 0) is 49.7 Å². The van der Waals surface area contributed by atoms with Crippen molar-refractivity contribution in [1.82, 2.24) is 5.32 Å². The van der Waals surface area contributed by atoms with Gasteiger partial charge in [-0.1, -0.05) is 0 Å². The fourth-order valence-corrected chi connectivity index (χ4v) is 3.05. The van der Waals surface area contributed by atoms with Crippen molar-refractivity contribution in [3.63, 3.8) is 0 Å². The summed E-state index contributed by atoms with van der Waals surface area (Å²) in [4.78, 5) is 13.7. The van der Waals surface area contributed by atoms with Crippen LogP contribution in [-0.2, 0) is 0 Å². The van der Waals surface area contributed by atoms with Gasteiger partial charge in [0.1, 0.15) is 13.2 Å². The van der Waals surface area contributed by atoms with Crippen molar-refractivity contribution in [2.24, 2.45) is 0 Å². The van der Waals surface area contributed by atoms with Gasteiger partial charge in [-0.15, -0.1) is 11.3 Å². The number of rotatable bonds is 3. The molecule has 2 heterocycles. The molecular weight excluding hydrogens is 286 g/mol. The number of hydrogen-bond donors (Lipinski definition) is 1. The largest absolute Gasteiger partial charge is 0.486 e. The Labute approximate surface area is 127 Å². The summed E-state index contributed by atoms with van der Waals surface area (Å²) in [6.07, 6.45) is 0. The summed E-state index contributed by atoms with van der Waals surface area (Å²) in [5, 5.41) is 2.90. The van der Waals surface area contributed by atoms with Crippen molar-refractivity contribution < 1.29 is 14.3 Å². The molecule has 4 nitrogen and oxygen atoms in total. The summed E-state index contributed by atoms with van der Waals surface area (Å²) in [6.45, 7) is 5.06. The number of amides is 1. The molecule has 21 heavy (non-hydrogen) atoms. The van der Waals surface area contributed by atoms with E-state index in [1.165, 1.54) is 11.3 Å². The van der Waals surface area contributed by atoms with E-state index in [4.69, 9.17) is 9.47 Å². The Balaban J connectivity index is 1.84. The molecule has 1 aliphatic rings. The molecule has 0 bridgehead atoms. The Kier molecular flexibility index (Phi) is 3.84. The second-order valence-electron chi connectivity index (χ2n) is 5.15. The first-order chi connectivity index (χ1) is 10.1. The normalized spacial score (nSPS) is 13.3. The summed E-state index contributed by atoms with van der Waals surface area (Å²) in [6, 6.07) is 9.82. The maximum Gasteiger partial charge on any atom is 0.261 e. The Hall–Kier alpha value is -2.01. The van der Waals surface area contributed by atoms with Crippen LogP contribution in [0.1, 0.15) is 23.5 Å². The molecule has 0 spiro atoms. The molecule has 1 aromatic heterocycles. The second kappa shape index (κ2) is 5.77. The van der Waals surface area contributed by atoms with E-state index in [1.54, 1.807) is 0 Å². The van der Waals surface area contributed by atoms with Gasteiger partial charge >= 0.3 is 0 Å².